The number of nitrogens with zero attached hydrogens (tertiary/aromatic N) is 1. The molecule has 0 saturated carbocycles. The lowest BCUT2D eigenvalue weighted by Gasteiger charge is -2.21. The second-order valence-corrected chi connectivity index (χ2v) is 3.48. The van der Waals surface area contributed by atoms with Gasteiger partial charge in [0.05, 0.1) is 13.2 Å². The van der Waals surface area contributed by atoms with Crippen molar-refractivity contribution in [2.45, 2.75) is 18.6 Å². The molecule has 1 aliphatic heterocycles. The zero-order valence-corrected chi connectivity index (χ0v) is 8.80. The monoisotopic (exact) mass is 217 g/mol. The van der Waals surface area contributed by atoms with Crippen LogP contribution in [0.1, 0.15) is 6.42 Å². The maximum Gasteiger partial charge on any atom is 0.329 e. The first-order valence-corrected chi connectivity index (χ1v) is 4.67. The van der Waals surface area contributed by atoms with Crippen LogP contribution in [0, 0.1) is 0 Å². The Morgan fingerprint density at radius 2 is 2.20 bits per heavy atom. The number of aliphatic carboxylic acids is 1. The first-order chi connectivity index (χ1) is 7.06. The molecule has 0 aromatic heterocycles. The zero-order valence-electron chi connectivity index (χ0n) is 8.80. The van der Waals surface area contributed by atoms with Gasteiger partial charge in [-0.15, -0.1) is 0 Å². The summed E-state index contributed by atoms with van der Waals surface area (Å²) in [4.78, 5) is 23.5. The van der Waals surface area contributed by atoms with Crippen molar-refractivity contribution < 1.29 is 24.2 Å². The van der Waals surface area contributed by atoms with E-state index in [0.29, 0.717) is 13.0 Å². The predicted octanol–water partition coefficient (Wildman–Crippen LogP) is -0.667. The van der Waals surface area contributed by atoms with E-state index in [9.17, 15) is 9.59 Å². The molecule has 0 spiro atoms. The van der Waals surface area contributed by atoms with Gasteiger partial charge in [-0.2, -0.15) is 0 Å². The molecule has 0 bridgehead atoms. The molecule has 0 unspecified atom stereocenters. The number of hydrogen-bond acceptors (Lipinski definition) is 5. The molecular weight excluding hydrogens is 202 g/mol. The summed E-state index contributed by atoms with van der Waals surface area (Å²) in [6.07, 6.45) is 0.252. The lowest BCUT2D eigenvalue weighted by atomic mass is 10.2. The molecule has 0 aromatic carbocycles. The van der Waals surface area contributed by atoms with Crippen LogP contribution in [0.15, 0.2) is 0 Å². The largest absolute Gasteiger partial charge is 0.480 e. The number of rotatable bonds is 4. The Hall–Kier alpha value is -1.14. The Labute approximate surface area is 87.8 Å². The SMILES string of the molecule is COC(=O)[C@@H]1[C@H](OCC(=O)O)CCN1C. The van der Waals surface area contributed by atoms with Crippen LogP contribution in [0.25, 0.3) is 0 Å². The molecular formula is C9H15NO5. The van der Waals surface area contributed by atoms with Gasteiger partial charge in [0.1, 0.15) is 12.6 Å². The normalized spacial score (nSPS) is 26.5. The summed E-state index contributed by atoms with van der Waals surface area (Å²) in [6.45, 7) is 0.316. The van der Waals surface area contributed by atoms with Crippen molar-refractivity contribution in [1.29, 1.82) is 0 Å². The standard InChI is InChI=1S/C9H15NO5/c1-10-4-3-6(15-5-7(11)12)8(10)9(13)14-2/h6,8H,3-5H2,1-2H3,(H,11,12)/t6-,8+/m1/s1. The third-order valence-corrected chi connectivity index (χ3v) is 2.46. The lowest BCUT2D eigenvalue weighted by Crippen LogP contribution is -2.42. The molecule has 1 rings (SSSR count). The number of carboxylic acid groups (broad SMARTS) is 1. The molecule has 86 valence electrons. The third kappa shape index (κ3) is 2.90. The highest BCUT2D eigenvalue weighted by molar-refractivity contribution is 5.77. The molecule has 1 saturated heterocycles. The van der Waals surface area contributed by atoms with E-state index in [0.717, 1.165) is 0 Å². The second-order valence-electron chi connectivity index (χ2n) is 3.48. The summed E-state index contributed by atoms with van der Waals surface area (Å²) in [5, 5.41) is 8.47. The van der Waals surface area contributed by atoms with Gasteiger partial charge in [0, 0.05) is 6.54 Å². The molecule has 15 heavy (non-hydrogen) atoms. The molecule has 0 amide bonds. The molecule has 0 aromatic rings. The molecule has 6 heteroatoms. The summed E-state index contributed by atoms with van der Waals surface area (Å²) in [5.74, 6) is -1.42. The van der Waals surface area contributed by atoms with E-state index >= 15 is 0 Å². The molecule has 1 fully saturated rings. The minimum Gasteiger partial charge on any atom is -0.480 e. The first-order valence-electron chi connectivity index (χ1n) is 4.67. The van der Waals surface area contributed by atoms with Crippen LogP contribution in [0.5, 0.6) is 0 Å². The van der Waals surface area contributed by atoms with E-state index in [1.807, 2.05) is 0 Å². The van der Waals surface area contributed by atoms with E-state index < -0.39 is 18.1 Å². The van der Waals surface area contributed by atoms with E-state index in [-0.39, 0.29) is 12.6 Å². The lowest BCUT2D eigenvalue weighted by molar-refractivity contribution is -0.154. The topological polar surface area (TPSA) is 76.1 Å². The van der Waals surface area contributed by atoms with Crippen molar-refractivity contribution in [3.63, 3.8) is 0 Å². The number of likely N-dealkylation sites (N-methyl/N-ethyl adjacent to an activating group) is 1. The summed E-state index contributed by atoms with van der Waals surface area (Å²) in [7, 11) is 3.09. The van der Waals surface area contributed by atoms with Crippen molar-refractivity contribution in [1.82, 2.24) is 4.90 Å². The highest BCUT2D eigenvalue weighted by Crippen LogP contribution is 2.20. The number of carbonyl (C=O) groups excluding carboxylic acids is 1. The van der Waals surface area contributed by atoms with Crippen molar-refractivity contribution >= 4 is 11.9 Å². The molecule has 0 aliphatic carbocycles. The number of esters is 1. The van der Waals surface area contributed by atoms with Gasteiger partial charge >= 0.3 is 11.9 Å². The van der Waals surface area contributed by atoms with Gasteiger partial charge in [-0.3, -0.25) is 9.69 Å². The second kappa shape index (κ2) is 5.09. The number of carbonyl (C=O) groups is 2. The van der Waals surface area contributed by atoms with Crippen LogP contribution in [-0.4, -0.2) is 61.4 Å². The van der Waals surface area contributed by atoms with Crippen molar-refractivity contribution in [3.8, 4) is 0 Å². The fraction of sp³-hybridized carbons (Fsp3) is 0.778. The summed E-state index contributed by atoms with van der Waals surface area (Å²) in [6, 6.07) is -0.491. The Bertz CT molecular complexity index is 255. The molecule has 1 heterocycles. The minimum absolute atomic E-state index is 0.383. The average molecular weight is 217 g/mol. The summed E-state index contributed by atoms with van der Waals surface area (Å²) < 4.78 is 9.76. The Balaban J connectivity index is 2.55. The van der Waals surface area contributed by atoms with Gasteiger partial charge in [-0.25, -0.2) is 4.79 Å². The van der Waals surface area contributed by atoms with Crippen LogP contribution < -0.4 is 0 Å². The van der Waals surface area contributed by atoms with E-state index in [2.05, 4.69) is 4.74 Å². The third-order valence-electron chi connectivity index (χ3n) is 2.46. The quantitative estimate of drug-likeness (QED) is 0.630. The maximum absolute atomic E-state index is 11.4. The Kier molecular flexibility index (Phi) is 4.05. The van der Waals surface area contributed by atoms with Gasteiger partial charge in [0.15, 0.2) is 0 Å². The van der Waals surface area contributed by atoms with Crippen molar-refractivity contribution in [2.24, 2.45) is 0 Å². The highest BCUT2D eigenvalue weighted by atomic mass is 16.5. The van der Waals surface area contributed by atoms with Crippen LogP contribution in [0.3, 0.4) is 0 Å². The van der Waals surface area contributed by atoms with Crippen molar-refractivity contribution in [2.75, 3.05) is 27.3 Å². The zero-order chi connectivity index (χ0) is 11.4. The number of carboxylic acids is 1. The maximum atomic E-state index is 11.4. The van der Waals surface area contributed by atoms with Crippen LogP contribution in [0.2, 0.25) is 0 Å². The van der Waals surface area contributed by atoms with Gasteiger partial charge < -0.3 is 14.6 Å². The molecule has 1 N–H and O–H groups in total. The van der Waals surface area contributed by atoms with Crippen LogP contribution in [0.4, 0.5) is 0 Å². The smallest absolute Gasteiger partial charge is 0.329 e. The Morgan fingerprint density at radius 3 is 2.73 bits per heavy atom. The van der Waals surface area contributed by atoms with E-state index in [1.165, 1.54) is 7.11 Å². The van der Waals surface area contributed by atoms with Crippen LogP contribution >= 0.6 is 0 Å². The van der Waals surface area contributed by atoms with Crippen molar-refractivity contribution in [3.05, 3.63) is 0 Å². The minimum atomic E-state index is -1.03. The summed E-state index contributed by atoms with van der Waals surface area (Å²) >= 11 is 0. The number of hydrogen-bond donors (Lipinski definition) is 1. The van der Waals surface area contributed by atoms with E-state index in [1.54, 1.807) is 11.9 Å². The van der Waals surface area contributed by atoms with Gasteiger partial charge in [0.2, 0.25) is 0 Å². The predicted molar refractivity (Wildman–Crippen MR) is 50.4 cm³/mol. The first kappa shape index (κ1) is 11.9. The molecule has 1 aliphatic rings. The molecule has 2 atom stereocenters. The number of likely N-dealkylation sites (tertiary alicyclic amines) is 1. The van der Waals surface area contributed by atoms with Crippen LogP contribution in [-0.2, 0) is 19.1 Å². The molecule has 6 nitrogen and oxygen atoms in total. The van der Waals surface area contributed by atoms with Gasteiger partial charge in [0.25, 0.3) is 0 Å². The Morgan fingerprint density at radius 1 is 1.53 bits per heavy atom. The van der Waals surface area contributed by atoms with E-state index in [4.69, 9.17) is 9.84 Å². The fourth-order valence-corrected chi connectivity index (χ4v) is 1.72. The highest BCUT2D eigenvalue weighted by Gasteiger charge is 2.39. The summed E-state index contributed by atoms with van der Waals surface area (Å²) in [5.41, 5.74) is 0. The van der Waals surface area contributed by atoms with Gasteiger partial charge in [-0.1, -0.05) is 0 Å². The average Bonchev–Trinajstić information content (AvgIpc) is 2.55. The fourth-order valence-electron chi connectivity index (χ4n) is 1.72. The van der Waals surface area contributed by atoms with Gasteiger partial charge in [-0.05, 0) is 13.5 Å². The number of methoxy groups -OCH3 is 1. The molecule has 0 radical (unpaired) electrons. The number of ether oxygens (including phenoxy) is 2.